The van der Waals surface area contributed by atoms with Crippen LogP contribution in [0, 0.1) is 40.4 Å². The summed E-state index contributed by atoms with van der Waals surface area (Å²) in [6.07, 6.45) is 19.2. The highest BCUT2D eigenvalue weighted by molar-refractivity contribution is 6.00. The van der Waals surface area contributed by atoms with Crippen molar-refractivity contribution in [2.75, 3.05) is 5.32 Å². The molecule has 9 heteroatoms. The van der Waals surface area contributed by atoms with Gasteiger partial charge in [-0.25, -0.2) is 26.9 Å². The quantitative estimate of drug-likeness (QED) is 0.110. The number of imidazole rings is 1. The number of hydrogen-bond donors (Lipinski definition) is 1. The van der Waals surface area contributed by atoms with Crippen LogP contribution in [-0.2, 0) is 11.3 Å². The smallest absolute Gasteiger partial charge is 0.248 e. The molecule has 1 atom stereocenters. The lowest BCUT2D eigenvalue weighted by atomic mass is 9.68. The first-order chi connectivity index (χ1) is 18.8. The minimum absolute atomic E-state index is 0.0597. The summed E-state index contributed by atoms with van der Waals surface area (Å²) in [5.41, 5.74) is 2.76. The SMILES string of the molecule is CC1=C(/C=C/C(C)=C/C=C/C(C)=C/C(=O)Nc2c(F)c(F)c(F)c(F)c2F)C(C)(C)CCC1CCn1ccnc1. The zero-order chi connectivity index (χ0) is 29.6. The second-order valence-electron chi connectivity index (χ2n) is 10.7. The van der Waals surface area contributed by atoms with Crippen molar-refractivity contribution >= 4 is 11.6 Å². The number of carbonyl (C=O) groups is 1. The van der Waals surface area contributed by atoms with Gasteiger partial charge in [0.15, 0.2) is 23.3 Å². The van der Waals surface area contributed by atoms with E-state index in [0.717, 1.165) is 37.5 Å². The Balaban J connectivity index is 1.66. The molecule has 214 valence electrons. The average Bonchev–Trinajstić information content (AvgIpc) is 3.42. The molecule has 1 amide bonds. The molecule has 1 aliphatic rings. The van der Waals surface area contributed by atoms with Gasteiger partial charge in [0, 0.05) is 25.0 Å². The Kier molecular flexibility index (Phi) is 10.1. The highest BCUT2D eigenvalue weighted by Crippen LogP contribution is 2.44. The number of nitrogens with zero attached hydrogens (tertiary/aromatic N) is 2. The average molecular weight is 560 g/mol. The lowest BCUT2D eigenvalue weighted by Crippen LogP contribution is -2.25. The Bertz CT molecular complexity index is 1370. The van der Waals surface area contributed by atoms with E-state index in [9.17, 15) is 26.7 Å². The van der Waals surface area contributed by atoms with Gasteiger partial charge in [-0.05, 0) is 62.5 Å². The summed E-state index contributed by atoms with van der Waals surface area (Å²) < 4.78 is 69.6. The molecule has 0 fully saturated rings. The molecule has 0 bridgehead atoms. The molecule has 1 unspecified atom stereocenters. The van der Waals surface area contributed by atoms with Crippen molar-refractivity contribution in [3.8, 4) is 0 Å². The molecule has 3 rings (SSSR count). The number of halogens is 5. The molecule has 0 spiro atoms. The van der Waals surface area contributed by atoms with Crippen LogP contribution in [0.15, 0.2) is 77.5 Å². The molecule has 0 saturated heterocycles. The molecule has 0 saturated carbocycles. The van der Waals surface area contributed by atoms with E-state index < -0.39 is 40.7 Å². The molecule has 1 aliphatic carbocycles. The lowest BCUT2D eigenvalue weighted by molar-refractivity contribution is -0.112. The molecule has 0 radical (unpaired) electrons. The van der Waals surface area contributed by atoms with E-state index in [1.54, 1.807) is 30.6 Å². The van der Waals surface area contributed by atoms with Gasteiger partial charge in [0.05, 0.1) is 6.33 Å². The van der Waals surface area contributed by atoms with Crippen molar-refractivity contribution in [1.29, 1.82) is 0 Å². The third kappa shape index (κ3) is 7.46. The molecule has 1 aromatic heterocycles. The van der Waals surface area contributed by atoms with Crippen LogP contribution >= 0.6 is 0 Å². The Labute approximate surface area is 231 Å². The van der Waals surface area contributed by atoms with E-state index in [0.29, 0.717) is 11.5 Å². The van der Waals surface area contributed by atoms with Crippen LogP contribution in [0.25, 0.3) is 0 Å². The molecule has 0 aliphatic heterocycles. The second kappa shape index (κ2) is 13.1. The number of nitrogens with one attached hydrogen (secondary N) is 1. The van der Waals surface area contributed by atoms with E-state index in [4.69, 9.17) is 0 Å². The number of amides is 1. The summed E-state index contributed by atoms with van der Waals surface area (Å²) >= 11 is 0. The second-order valence-corrected chi connectivity index (χ2v) is 10.7. The summed E-state index contributed by atoms with van der Waals surface area (Å²) in [5, 5.41) is 1.72. The summed E-state index contributed by atoms with van der Waals surface area (Å²) in [7, 11) is 0. The van der Waals surface area contributed by atoms with Gasteiger partial charge in [-0.2, -0.15) is 0 Å². The van der Waals surface area contributed by atoms with E-state index in [1.807, 2.05) is 31.6 Å². The normalized spacial score (nSPS) is 18.3. The minimum atomic E-state index is -2.29. The fourth-order valence-corrected chi connectivity index (χ4v) is 4.83. The molecule has 2 aromatic rings. The zero-order valence-electron chi connectivity index (χ0n) is 23.3. The van der Waals surface area contributed by atoms with Crippen molar-refractivity contribution in [2.45, 2.75) is 60.4 Å². The molecular formula is C31H34F5N3O. The van der Waals surface area contributed by atoms with Crippen molar-refractivity contribution in [2.24, 2.45) is 11.3 Å². The third-order valence-electron chi connectivity index (χ3n) is 7.23. The van der Waals surface area contributed by atoms with Crippen molar-refractivity contribution in [3.05, 3.63) is 107 Å². The number of benzene rings is 1. The standard InChI is InChI=1S/C31H34F5N3O/c1-19(9-10-23-21(3)22(11-13-31(23,4)5)12-15-39-16-14-37-18-39)7-6-8-20(2)17-24(40)38-30-28(35)26(33)25(32)27(34)29(30)36/h6-10,14,16-18,22H,11-13,15H2,1-5H3,(H,38,40)/b8-6+,10-9+,19-7+,20-17+. The van der Waals surface area contributed by atoms with Gasteiger partial charge < -0.3 is 9.88 Å². The molecule has 1 aromatic carbocycles. The number of aromatic nitrogens is 2. The number of anilines is 1. The third-order valence-corrected chi connectivity index (χ3v) is 7.23. The number of allylic oxidation sites excluding steroid dienone is 9. The first-order valence-electron chi connectivity index (χ1n) is 13.0. The van der Waals surface area contributed by atoms with Crippen LogP contribution in [0.4, 0.5) is 27.6 Å². The predicted molar refractivity (Wildman–Crippen MR) is 147 cm³/mol. The first kappa shape index (κ1) is 30.8. The van der Waals surface area contributed by atoms with Gasteiger partial charge in [-0.15, -0.1) is 0 Å². The van der Waals surface area contributed by atoms with Gasteiger partial charge in [0.1, 0.15) is 5.69 Å². The van der Waals surface area contributed by atoms with Crippen molar-refractivity contribution < 1.29 is 26.7 Å². The van der Waals surface area contributed by atoms with E-state index in [2.05, 4.69) is 36.4 Å². The van der Waals surface area contributed by atoms with Crippen molar-refractivity contribution in [1.82, 2.24) is 9.55 Å². The highest BCUT2D eigenvalue weighted by atomic mass is 19.2. The monoisotopic (exact) mass is 559 g/mol. The van der Waals surface area contributed by atoms with E-state index in [-0.39, 0.29) is 5.41 Å². The van der Waals surface area contributed by atoms with Crippen LogP contribution in [0.3, 0.4) is 0 Å². The number of rotatable bonds is 9. The Morgan fingerprint density at radius 3 is 2.33 bits per heavy atom. The summed E-state index contributed by atoms with van der Waals surface area (Å²) in [5.74, 6) is -11.3. The van der Waals surface area contributed by atoms with Gasteiger partial charge in [0.25, 0.3) is 0 Å². The number of aryl methyl sites for hydroxylation is 1. The maximum absolute atomic E-state index is 13.8. The van der Waals surface area contributed by atoms with Crippen molar-refractivity contribution in [3.63, 3.8) is 0 Å². The van der Waals surface area contributed by atoms with Gasteiger partial charge >= 0.3 is 0 Å². The molecule has 4 nitrogen and oxygen atoms in total. The Morgan fingerprint density at radius 2 is 1.70 bits per heavy atom. The first-order valence-corrected chi connectivity index (χ1v) is 13.0. The number of hydrogen-bond acceptors (Lipinski definition) is 2. The minimum Gasteiger partial charge on any atom is -0.337 e. The largest absolute Gasteiger partial charge is 0.337 e. The summed E-state index contributed by atoms with van der Waals surface area (Å²) in [4.78, 5) is 16.2. The highest BCUT2D eigenvalue weighted by Gasteiger charge is 2.31. The Morgan fingerprint density at radius 1 is 1.05 bits per heavy atom. The molecule has 1 N–H and O–H groups in total. The predicted octanol–water partition coefficient (Wildman–Crippen LogP) is 8.37. The van der Waals surface area contributed by atoms with E-state index >= 15 is 0 Å². The maximum atomic E-state index is 13.8. The van der Waals surface area contributed by atoms with Crippen LogP contribution in [-0.4, -0.2) is 15.5 Å². The maximum Gasteiger partial charge on any atom is 0.248 e. The van der Waals surface area contributed by atoms with Crippen LogP contribution < -0.4 is 5.32 Å². The fraction of sp³-hybridized carbons (Fsp3) is 0.355. The zero-order valence-corrected chi connectivity index (χ0v) is 23.3. The van der Waals surface area contributed by atoms with Gasteiger partial charge in [0.2, 0.25) is 11.7 Å². The van der Waals surface area contributed by atoms with Crippen LogP contribution in [0.2, 0.25) is 0 Å². The fourth-order valence-electron chi connectivity index (χ4n) is 4.83. The molecule has 40 heavy (non-hydrogen) atoms. The van der Waals surface area contributed by atoms with Crippen LogP contribution in [0.1, 0.15) is 53.9 Å². The number of carbonyl (C=O) groups excluding carboxylic acids is 1. The molecular weight excluding hydrogens is 525 g/mol. The van der Waals surface area contributed by atoms with Crippen LogP contribution in [0.5, 0.6) is 0 Å². The topological polar surface area (TPSA) is 46.9 Å². The lowest BCUT2D eigenvalue weighted by Gasteiger charge is -2.37. The summed E-state index contributed by atoms with van der Waals surface area (Å²) in [6.45, 7) is 11.2. The molecule has 1 heterocycles. The summed E-state index contributed by atoms with van der Waals surface area (Å²) in [6, 6.07) is 0. The van der Waals surface area contributed by atoms with Gasteiger partial charge in [-0.3, -0.25) is 4.79 Å². The van der Waals surface area contributed by atoms with Gasteiger partial charge in [-0.1, -0.05) is 55.4 Å². The Hall–Kier alpha value is -3.75. The van der Waals surface area contributed by atoms with E-state index in [1.165, 1.54) is 11.1 Å².